The van der Waals surface area contributed by atoms with Crippen LogP contribution >= 0.6 is 0 Å². The molecule has 5 rings (SSSR count). The summed E-state index contributed by atoms with van der Waals surface area (Å²) in [6.07, 6.45) is -4.90. The van der Waals surface area contributed by atoms with Crippen molar-refractivity contribution < 1.29 is 32.2 Å². The number of benzene rings is 3. The number of anilines is 1. The van der Waals surface area contributed by atoms with E-state index < -0.39 is 29.2 Å². The minimum atomic E-state index is -4.90. The molecule has 1 aromatic heterocycles. The van der Waals surface area contributed by atoms with Gasteiger partial charge in [0.1, 0.15) is 17.4 Å². The van der Waals surface area contributed by atoms with E-state index in [2.05, 4.69) is 5.10 Å². The van der Waals surface area contributed by atoms with E-state index in [9.17, 15) is 23.2 Å². The molecule has 0 unspecified atom stereocenters. The molecule has 3 aromatic carbocycles. The summed E-state index contributed by atoms with van der Waals surface area (Å²) < 4.78 is 58.3. The summed E-state index contributed by atoms with van der Waals surface area (Å²) in [5.41, 5.74) is -1.37. The molecule has 11 heteroatoms. The fourth-order valence-electron chi connectivity index (χ4n) is 3.75. The van der Waals surface area contributed by atoms with Gasteiger partial charge in [-0.05, 0) is 42.5 Å². The highest BCUT2D eigenvalue weighted by molar-refractivity contribution is 6.06. The number of hydrogen-bond donors (Lipinski definition) is 0. The molecule has 2 heterocycles. The highest BCUT2D eigenvalue weighted by Crippen LogP contribution is 2.39. The molecule has 0 radical (unpaired) electrons. The van der Waals surface area contributed by atoms with Gasteiger partial charge >= 0.3 is 6.18 Å². The molecule has 0 saturated carbocycles. The van der Waals surface area contributed by atoms with Gasteiger partial charge in [-0.15, -0.1) is 0 Å². The van der Waals surface area contributed by atoms with E-state index in [-0.39, 0.29) is 23.8 Å². The monoisotopic (exact) mass is 506 g/mol. The summed E-state index contributed by atoms with van der Waals surface area (Å²) in [5.74, 6) is 0.409. The van der Waals surface area contributed by atoms with Gasteiger partial charge in [0, 0.05) is 24.4 Å². The molecule has 0 saturated heterocycles. The van der Waals surface area contributed by atoms with Crippen molar-refractivity contribution in [3.63, 3.8) is 0 Å². The van der Waals surface area contributed by atoms with Crippen LogP contribution in [-0.4, -0.2) is 29.5 Å². The van der Waals surface area contributed by atoms with Crippen LogP contribution in [0.1, 0.15) is 21.6 Å². The molecule has 0 atom stereocenters. The lowest BCUT2D eigenvalue weighted by atomic mass is 10.1. The lowest BCUT2D eigenvalue weighted by molar-refractivity contribution is -0.141. The Kier molecular flexibility index (Phi) is 5.93. The normalized spacial score (nSPS) is 12.2. The molecule has 0 spiro atoms. The van der Waals surface area contributed by atoms with Crippen molar-refractivity contribution in [3.05, 3.63) is 89.6 Å². The lowest BCUT2D eigenvalue weighted by Crippen LogP contribution is -2.26. The minimum absolute atomic E-state index is 0.0837. The maximum atomic E-state index is 13.7. The first-order valence-corrected chi connectivity index (χ1v) is 10.9. The zero-order chi connectivity index (χ0) is 26.2. The van der Waals surface area contributed by atoms with Crippen LogP contribution in [-0.2, 0) is 6.18 Å². The number of carbonyl (C=O) groups is 1. The van der Waals surface area contributed by atoms with E-state index >= 15 is 0 Å². The van der Waals surface area contributed by atoms with Gasteiger partial charge in [-0.2, -0.15) is 28.2 Å². The fraction of sp³-hybridized carbons (Fsp3) is 0.115. The molecule has 0 fully saturated rings. The number of ether oxygens (including phenoxy) is 3. The number of amides is 1. The van der Waals surface area contributed by atoms with Crippen LogP contribution in [0.3, 0.4) is 0 Å². The molecular weight excluding hydrogens is 489 g/mol. The first-order chi connectivity index (χ1) is 17.8. The Balaban J connectivity index is 1.54. The van der Waals surface area contributed by atoms with E-state index in [1.165, 1.54) is 41.3 Å². The van der Waals surface area contributed by atoms with Gasteiger partial charge in [0.25, 0.3) is 5.91 Å². The molecule has 0 N–H and O–H groups in total. The second-order valence-electron chi connectivity index (χ2n) is 7.92. The minimum Gasteiger partial charge on any atom is -0.454 e. The van der Waals surface area contributed by atoms with Gasteiger partial charge in [-0.3, -0.25) is 4.79 Å². The van der Waals surface area contributed by atoms with E-state index in [0.29, 0.717) is 17.2 Å². The quantitative estimate of drug-likeness (QED) is 0.352. The van der Waals surface area contributed by atoms with Crippen LogP contribution in [0.2, 0.25) is 0 Å². The highest BCUT2D eigenvalue weighted by Gasteiger charge is 2.40. The second-order valence-corrected chi connectivity index (χ2v) is 7.92. The summed E-state index contributed by atoms with van der Waals surface area (Å²) in [6.45, 7) is 0.0837. The first kappa shape index (κ1) is 23.7. The van der Waals surface area contributed by atoms with E-state index in [1.807, 2.05) is 0 Å². The van der Waals surface area contributed by atoms with Crippen LogP contribution in [0.5, 0.6) is 23.1 Å². The third kappa shape index (κ3) is 4.52. The summed E-state index contributed by atoms with van der Waals surface area (Å²) in [4.78, 5) is 14.6. The molecule has 0 bridgehead atoms. The van der Waals surface area contributed by atoms with Crippen molar-refractivity contribution in [2.24, 2.45) is 0 Å². The molecule has 4 aromatic rings. The highest BCUT2D eigenvalue weighted by atomic mass is 19.4. The Labute approximate surface area is 208 Å². The number of halogens is 3. The predicted octanol–water partition coefficient (Wildman–Crippen LogP) is 5.56. The van der Waals surface area contributed by atoms with Crippen LogP contribution < -0.4 is 19.1 Å². The number of nitrogens with zero attached hydrogens (tertiary/aromatic N) is 4. The predicted molar refractivity (Wildman–Crippen MR) is 125 cm³/mol. The van der Waals surface area contributed by atoms with Crippen LogP contribution in [0.15, 0.2) is 72.8 Å². The van der Waals surface area contributed by atoms with Crippen molar-refractivity contribution >= 4 is 11.6 Å². The van der Waals surface area contributed by atoms with Crippen LogP contribution in [0.25, 0.3) is 5.69 Å². The molecule has 0 aliphatic carbocycles. The zero-order valence-electron chi connectivity index (χ0n) is 19.2. The van der Waals surface area contributed by atoms with Gasteiger partial charge in [-0.25, -0.2) is 0 Å². The van der Waals surface area contributed by atoms with E-state index in [4.69, 9.17) is 14.2 Å². The Morgan fingerprint density at radius 1 is 1.05 bits per heavy atom. The fourth-order valence-corrected chi connectivity index (χ4v) is 3.75. The number of aromatic nitrogens is 2. The SMILES string of the molecule is CN(C(=O)c1cccc(-n2nc(C(F)(F)F)c(C#N)c2Oc2ccccc2)c1)c1ccc2c(c1)OCO2. The molecule has 1 aliphatic heterocycles. The molecule has 8 nitrogen and oxygen atoms in total. The van der Waals surface area contributed by atoms with Gasteiger partial charge < -0.3 is 19.1 Å². The van der Waals surface area contributed by atoms with Gasteiger partial charge in [0.05, 0.1) is 5.69 Å². The third-order valence-electron chi connectivity index (χ3n) is 5.57. The Morgan fingerprint density at radius 3 is 2.54 bits per heavy atom. The van der Waals surface area contributed by atoms with E-state index in [0.717, 1.165) is 4.68 Å². The number of rotatable bonds is 5. The van der Waals surface area contributed by atoms with Gasteiger partial charge in [0.2, 0.25) is 12.7 Å². The number of para-hydroxylation sites is 1. The van der Waals surface area contributed by atoms with Crippen LogP contribution in [0.4, 0.5) is 18.9 Å². The Hall–Kier alpha value is -4.98. The number of carbonyl (C=O) groups excluding carboxylic acids is 1. The third-order valence-corrected chi connectivity index (χ3v) is 5.57. The van der Waals surface area contributed by atoms with Gasteiger partial charge in [-0.1, -0.05) is 24.3 Å². The zero-order valence-corrected chi connectivity index (χ0v) is 19.2. The first-order valence-electron chi connectivity index (χ1n) is 10.9. The average Bonchev–Trinajstić information content (AvgIpc) is 3.52. The summed E-state index contributed by atoms with van der Waals surface area (Å²) in [6, 6.07) is 20.5. The molecule has 1 amide bonds. The van der Waals surface area contributed by atoms with Crippen molar-refractivity contribution in [2.45, 2.75) is 6.18 Å². The van der Waals surface area contributed by atoms with Crippen LogP contribution in [0, 0.1) is 11.3 Å². The smallest absolute Gasteiger partial charge is 0.436 e. The second kappa shape index (κ2) is 9.23. The molecule has 37 heavy (non-hydrogen) atoms. The number of hydrogen-bond acceptors (Lipinski definition) is 6. The molecule has 1 aliphatic rings. The largest absolute Gasteiger partial charge is 0.454 e. The van der Waals surface area contributed by atoms with Crippen molar-refractivity contribution in [1.82, 2.24) is 9.78 Å². The number of alkyl halides is 3. The Bertz CT molecular complexity index is 1530. The average molecular weight is 506 g/mol. The molecular formula is C26H17F3N4O4. The van der Waals surface area contributed by atoms with Crippen molar-refractivity contribution in [3.8, 4) is 34.9 Å². The maximum Gasteiger partial charge on any atom is 0.436 e. The number of fused-ring (bicyclic) bond motifs is 1. The topological polar surface area (TPSA) is 89.6 Å². The van der Waals surface area contributed by atoms with Crippen molar-refractivity contribution in [2.75, 3.05) is 18.7 Å². The standard InChI is InChI=1S/C26H17F3N4O4/c1-32(17-10-11-21-22(13-17)36-15-35-21)24(34)16-6-5-7-18(12-16)33-25(37-19-8-3-2-4-9-19)20(14-30)23(31-33)26(27,28)29/h2-13H,15H2,1H3. The van der Waals surface area contributed by atoms with Gasteiger partial charge in [0.15, 0.2) is 17.2 Å². The Morgan fingerprint density at radius 2 is 1.81 bits per heavy atom. The summed E-state index contributed by atoms with van der Waals surface area (Å²) in [5, 5.41) is 13.2. The molecule has 186 valence electrons. The summed E-state index contributed by atoms with van der Waals surface area (Å²) >= 11 is 0. The number of nitriles is 1. The lowest BCUT2D eigenvalue weighted by Gasteiger charge is -2.18. The maximum absolute atomic E-state index is 13.7. The summed E-state index contributed by atoms with van der Waals surface area (Å²) in [7, 11) is 1.56. The van der Waals surface area contributed by atoms with E-state index in [1.54, 1.807) is 49.5 Å². The van der Waals surface area contributed by atoms with Crippen molar-refractivity contribution in [1.29, 1.82) is 5.26 Å².